The van der Waals surface area contributed by atoms with E-state index in [4.69, 9.17) is 16.3 Å². The highest BCUT2D eigenvalue weighted by Gasteiger charge is 2.29. The van der Waals surface area contributed by atoms with Gasteiger partial charge in [0, 0.05) is 16.6 Å². The van der Waals surface area contributed by atoms with E-state index in [2.05, 4.69) is 12.2 Å². The molecular weight excluding hydrogens is 310 g/mol. The Labute approximate surface area is 141 Å². The first kappa shape index (κ1) is 15.9. The Hall–Kier alpha value is -2.00. The number of benzene rings is 2. The van der Waals surface area contributed by atoms with Gasteiger partial charge in [0.05, 0.1) is 5.56 Å². The van der Waals surface area contributed by atoms with E-state index in [0.29, 0.717) is 28.9 Å². The summed E-state index contributed by atoms with van der Waals surface area (Å²) in [6.07, 6.45) is 2.40. The molecule has 1 atom stereocenters. The van der Waals surface area contributed by atoms with Crippen LogP contribution in [0.2, 0.25) is 5.02 Å². The van der Waals surface area contributed by atoms with Gasteiger partial charge in [0.25, 0.3) is 5.91 Å². The van der Waals surface area contributed by atoms with E-state index in [1.165, 1.54) is 12.8 Å². The number of hydrogen-bond acceptors (Lipinski definition) is 2. The molecule has 2 aromatic rings. The number of rotatable bonds is 6. The molecule has 2 aromatic carbocycles. The summed E-state index contributed by atoms with van der Waals surface area (Å²) in [5.74, 6) is 1.11. The van der Waals surface area contributed by atoms with Gasteiger partial charge in [-0.25, -0.2) is 0 Å². The molecule has 1 fully saturated rings. The normalized spacial score (nSPS) is 15.0. The Bertz CT molecular complexity index is 697. The van der Waals surface area contributed by atoms with Gasteiger partial charge < -0.3 is 10.1 Å². The molecule has 0 unspecified atom stereocenters. The van der Waals surface area contributed by atoms with Crippen LogP contribution in [0.5, 0.6) is 5.75 Å². The third-order valence-corrected chi connectivity index (χ3v) is 4.53. The molecule has 0 aliphatic heterocycles. The predicted octanol–water partition coefficient (Wildman–Crippen LogP) is 4.45. The molecule has 0 bridgehead atoms. The minimum Gasteiger partial charge on any atom is -0.488 e. The first-order valence-electron chi connectivity index (χ1n) is 7.91. The van der Waals surface area contributed by atoms with Crippen LogP contribution in [0, 0.1) is 5.92 Å². The van der Waals surface area contributed by atoms with Crippen molar-refractivity contribution in [2.24, 2.45) is 5.92 Å². The van der Waals surface area contributed by atoms with Gasteiger partial charge in [-0.15, -0.1) is 0 Å². The van der Waals surface area contributed by atoms with Crippen molar-refractivity contribution in [1.82, 2.24) is 5.32 Å². The van der Waals surface area contributed by atoms with E-state index in [1.807, 2.05) is 42.5 Å². The van der Waals surface area contributed by atoms with Crippen molar-refractivity contribution in [2.75, 3.05) is 0 Å². The van der Waals surface area contributed by atoms with Gasteiger partial charge in [0.15, 0.2) is 0 Å². The molecule has 1 N–H and O–H groups in total. The van der Waals surface area contributed by atoms with Crippen LogP contribution in [0.15, 0.2) is 48.5 Å². The van der Waals surface area contributed by atoms with Crippen molar-refractivity contribution < 1.29 is 9.53 Å². The quantitative estimate of drug-likeness (QED) is 0.850. The lowest BCUT2D eigenvalue weighted by Crippen LogP contribution is -2.34. The van der Waals surface area contributed by atoms with Gasteiger partial charge >= 0.3 is 0 Å². The number of ether oxygens (including phenoxy) is 1. The largest absolute Gasteiger partial charge is 0.488 e. The lowest BCUT2D eigenvalue weighted by Gasteiger charge is -2.15. The van der Waals surface area contributed by atoms with Crippen LogP contribution in [0.1, 0.15) is 35.7 Å². The van der Waals surface area contributed by atoms with Crippen molar-refractivity contribution in [1.29, 1.82) is 0 Å². The molecule has 0 radical (unpaired) electrons. The summed E-state index contributed by atoms with van der Waals surface area (Å²) in [5.41, 5.74) is 1.46. The van der Waals surface area contributed by atoms with Crippen molar-refractivity contribution in [2.45, 2.75) is 32.4 Å². The SMILES string of the molecule is C[C@H](NC(=O)c1ccccc1OCc1ccccc1Cl)C1CC1. The van der Waals surface area contributed by atoms with Gasteiger partial charge in [-0.3, -0.25) is 4.79 Å². The highest BCUT2D eigenvalue weighted by atomic mass is 35.5. The standard InChI is InChI=1S/C19H20ClNO2/c1-13(14-10-11-14)21-19(22)16-7-3-5-9-18(16)23-12-15-6-2-4-8-17(15)20/h2-9,13-14H,10-12H2,1H3,(H,21,22)/t13-/m0/s1. The summed E-state index contributed by atoms with van der Waals surface area (Å²) in [4.78, 5) is 12.5. The number of carbonyl (C=O) groups excluding carboxylic acids is 1. The molecule has 1 aliphatic carbocycles. The highest BCUT2D eigenvalue weighted by Crippen LogP contribution is 2.32. The Morgan fingerprint density at radius 3 is 2.65 bits per heavy atom. The molecule has 1 amide bonds. The fourth-order valence-corrected chi connectivity index (χ4v) is 2.74. The zero-order valence-electron chi connectivity index (χ0n) is 13.1. The third-order valence-electron chi connectivity index (χ3n) is 4.16. The molecule has 0 aromatic heterocycles. The van der Waals surface area contributed by atoms with Crippen molar-refractivity contribution in [3.8, 4) is 5.75 Å². The van der Waals surface area contributed by atoms with Crippen molar-refractivity contribution in [3.05, 3.63) is 64.7 Å². The zero-order chi connectivity index (χ0) is 16.2. The van der Waals surface area contributed by atoms with E-state index in [0.717, 1.165) is 5.56 Å². The fourth-order valence-electron chi connectivity index (χ4n) is 2.55. The molecule has 3 rings (SSSR count). The van der Waals surface area contributed by atoms with Crippen LogP contribution < -0.4 is 10.1 Å². The van der Waals surface area contributed by atoms with Crippen molar-refractivity contribution >= 4 is 17.5 Å². The average molecular weight is 330 g/mol. The number of halogens is 1. The van der Waals surface area contributed by atoms with Gasteiger partial charge in [-0.1, -0.05) is 41.9 Å². The van der Waals surface area contributed by atoms with E-state index in [9.17, 15) is 4.79 Å². The number of para-hydroxylation sites is 1. The molecule has 120 valence electrons. The second-order valence-corrected chi connectivity index (χ2v) is 6.38. The second kappa shape index (κ2) is 7.05. The first-order chi connectivity index (χ1) is 11.1. The number of hydrogen-bond donors (Lipinski definition) is 1. The molecule has 4 heteroatoms. The summed E-state index contributed by atoms with van der Waals surface area (Å²) in [7, 11) is 0. The fraction of sp³-hybridized carbons (Fsp3) is 0.316. The number of amides is 1. The van der Waals surface area contributed by atoms with Crippen LogP contribution in [0.25, 0.3) is 0 Å². The van der Waals surface area contributed by atoms with E-state index < -0.39 is 0 Å². The topological polar surface area (TPSA) is 38.3 Å². The van der Waals surface area contributed by atoms with Gasteiger partial charge in [0.1, 0.15) is 12.4 Å². The van der Waals surface area contributed by atoms with E-state index in [1.54, 1.807) is 6.07 Å². The second-order valence-electron chi connectivity index (χ2n) is 5.98. The van der Waals surface area contributed by atoms with Gasteiger partial charge in [-0.2, -0.15) is 0 Å². The smallest absolute Gasteiger partial charge is 0.255 e. The maximum atomic E-state index is 12.5. The molecule has 1 aliphatic rings. The lowest BCUT2D eigenvalue weighted by atomic mass is 10.1. The molecule has 0 heterocycles. The number of nitrogens with one attached hydrogen (secondary N) is 1. The minimum absolute atomic E-state index is 0.0841. The molecule has 23 heavy (non-hydrogen) atoms. The molecule has 0 saturated heterocycles. The highest BCUT2D eigenvalue weighted by molar-refractivity contribution is 6.31. The molecular formula is C19H20ClNO2. The maximum absolute atomic E-state index is 12.5. The summed E-state index contributed by atoms with van der Waals surface area (Å²) < 4.78 is 5.84. The summed E-state index contributed by atoms with van der Waals surface area (Å²) in [5, 5.41) is 3.73. The predicted molar refractivity (Wildman–Crippen MR) is 91.9 cm³/mol. The Kier molecular flexibility index (Phi) is 4.87. The van der Waals surface area contributed by atoms with Crippen LogP contribution in [0.3, 0.4) is 0 Å². The summed E-state index contributed by atoms with van der Waals surface area (Å²) >= 11 is 6.14. The lowest BCUT2D eigenvalue weighted by molar-refractivity contribution is 0.0931. The summed E-state index contributed by atoms with van der Waals surface area (Å²) in [6.45, 7) is 2.39. The first-order valence-corrected chi connectivity index (χ1v) is 8.29. The summed E-state index contributed by atoms with van der Waals surface area (Å²) in [6, 6.07) is 15.1. The average Bonchev–Trinajstić information content (AvgIpc) is 3.39. The van der Waals surface area contributed by atoms with Crippen molar-refractivity contribution in [3.63, 3.8) is 0 Å². The molecule has 3 nitrogen and oxygen atoms in total. The monoisotopic (exact) mass is 329 g/mol. The molecule has 1 saturated carbocycles. The Morgan fingerprint density at radius 1 is 1.22 bits per heavy atom. The zero-order valence-corrected chi connectivity index (χ0v) is 13.8. The van der Waals surface area contributed by atoms with Crippen LogP contribution in [-0.2, 0) is 6.61 Å². The Morgan fingerprint density at radius 2 is 1.91 bits per heavy atom. The van der Waals surface area contributed by atoms with Crippen LogP contribution in [-0.4, -0.2) is 11.9 Å². The third kappa shape index (κ3) is 4.05. The van der Waals surface area contributed by atoms with Gasteiger partial charge in [0.2, 0.25) is 0 Å². The number of carbonyl (C=O) groups is 1. The minimum atomic E-state index is -0.0841. The van der Waals surface area contributed by atoms with E-state index >= 15 is 0 Å². The van der Waals surface area contributed by atoms with Gasteiger partial charge in [-0.05, 0) is 43.9 Å². The Balaban J connectivity index is 1.70. The van der Waals surface area contributed by atoms with Crippen LogP contribution in [0.4, 0.5) is 0 Å². The van der Waals surface area contributed by atoms with E-state index in [-0.39, 0.29) is 11.9 Å². The van der Waals surface area contributed by atoms with Crippen LogP contribution >= 0.6 is 11.6 Å². The maximum Gasteiger partial charge on any atom is 0.255 e. The molecule has 0 spiro atoms.